The summed E-state index contributed by atoms with van der Waals surface area (Å²) in [6, 6.07) is 10.1. The summed E-state index contributed by atoms with van der Waals surface area (Å²) < 4.78 is 17.4. The number of rotatable bonds is 5. The predicted octanol–water partition coefficient (Wildman–Crippen LogP) is 2.41. The SMILES string of the molecule is O=C(NCc1cccnc1-n1cncn1)c1nn(-c2ccccc2F)c2c1CCC2. The van der Waals surface area contributed by atoms with Crippen molar-refractivity contribution in [2.24, 2.45) is 0 Å². The quantitative estimate of drug-likeness (QED) is 0.553. The minimum absolute atomic E-state index is 0.253. The highest BCUT2D eigenvalue weighted by Gasteiger charge is 2.27. The first-order valence-electron chi connectivity index (χ1n) is 9.65. The number of carbonyl (C=O) groups is 1. The highest BCUT2D eigenvalue weighted by Crippen LogP contribution is 2.28. The van der Waals surface area contributed by atoms with E-state index in [-0.39, 0.29) is 18.3 Å². The zero-order valence-corrected chi connectivity index (χ0v) is 16.0. The van der Waals surface area contributed by atoms with Crippen molar-refractivity contribution in [3.63, 3.8) is 0 Å². The average Bonchev–Trinajstić information content (AvgIpc) is 3.51. The number of halogens is 1. The molecule has 1 aliphatic rings. The van der Waals surface area contributed by atoms with Gasteiger partial charge in [-0.05, 0) is 37.5 Å². The maximum atomic E-state index is 14.3. The van der Waals surface area contributed by atoms with Gasteiger partial charge in [0.2, 0.25) is 0 Å². The van der Waals surface area contributed by atoms with Crippen LogP contribution in [0.3, 0.4) is 0 Å². The molecule has 0 aliphatic heterocycles. The van der Waals surface area contributed by atoms with E-state index in [0.717, 1.165) is 36.1 Å². The molecule has 9 heteroatoms. The molecule has 1 aliphatic carbocycles. The minimum Gasteiger partial charge on any atom is -0.346 e. The van der Waals surface area contributed by atoms with Crippen LogP contribution < -0.4 is 5.32 Å². The van der Waals surface area contributed by atoms with E-state index in [4.69, 9.17) is 0 Å². The first kappa shape index (κ1) is 18.2. The molecule has 30 heavy (non-hydrogen) atoms. The topological polar surface area (TPSA) is 90.5 Å². The number of nitrogens with one attached hydrogen (secondary N) is 1. The molecule has 0 bridgehead atoms. The second-order valence-electron chi connectivity index (χ2n) is 7.00. The summed E-state index contributed by atoms with van der Waals surface area (Å²) >= 11 is 0. The van der Waals surface area contributed by atoms with Crippen molar-refractivity contribution in [3.8, 4) is 11.5 Å². The van der Waals surface area contributed by atoms with Crippen LogP contribution in [-0.4, -0.2) is 35.4 Å². The van der Waals surface area contributed by atoms with Gasteiger partial charge in [-0.2, -0.15) is 10.2 Å². The van der Waals surface area contributed by atoms with Crippen LogP contribution in [0.15, 0.2) is 55.2 Å². The Labute approximate surface area is 171 Å². The lowest BCUT2D eigenvalue weighted by atomic mass is 10.2. The number of para-hydroxylation sites is 1. The Morgan fingerprint density at radius 1 is 1.17 bits per heavy atom. The van der Waals surface area contributed by atoms with Gasteiger partial charge < -0.3 is 5.32 Å². The van der Waals surface area contributed by atoms with Gasteiger partial charge in [-0.15, -0.1) is 0 Å². The number of benzene rings is 1. The standard InChI is InChI=1S/C21H18FN7O/c22-16-7-1-2-8-18(16)29-17-9-3-6-15(17)19(27-29)21(30)25-11-14-5-4-10-24-20(14)28-13-23-12-26-28/h1-2,4-5,7-8,10,12-13H,3,6,9,11H2,(H,25,30). The van der Waals surface area contributed by atoms with Gasteiger partial charge in [0.25, 0.3) is 5.91 Å². The Morgan fingerprint density at radius 2 is 2.07 bits per heavy atom. The fourth-order valence-electron chi connectivity index (χ4n) is 3.79. The molecule has 3 heterocycles. The normalized spacial score (nSPS) is 12.7. The number of hydrogen-bond acceptors (Lipinski definition) is 5. The smallest absolute Gasteiger partial charge is 0.272 e. The van der Waals surface area contributed by atoms with Crippen molar-refractivity contribution in [2.45, 2.75) is 25.8 Å². The Hall–Kier alpha value is -3.88. The molecule has 0 atom stereocenters. The van der Waals surface area contributed by atoms with Crippen molar-refractivity contribution in [1.29, 1.82) is 0 Å². The molecule has 0 saturated carbocycles. The molecule has 8 nitrogen and oxygen atoms in total. The summed E-state index contributed by atoms with van der Waals surface area (Å²) in [6.07, 6.45) is 7.07. The third-order valence-corrected chi connectivity index (χ3v) is 5.17. The molecule has 3 aromatic heterocycles. The van der Waals surface area contributed by atoms with Crippen LogP contribution in [-0.2, 0) is 19.4 Å². The number of aromatic nitrogens is 6. The van der Waals surface area contributed by atoms with Gasteiger partial charge in [-0.25, -0.2) is 23.7 Å². The fraction of sp³-hybridized carbons (Fsp3) is 0.190. The molecular formula is C21H18FN7O. The van der Waals surface area contributed by atoms with Crippen LogP contribution in [0.5, 0.6) is 0 Å². The molecular weight excluding hydrogens is 385 g/mol. The van der Waals surface area contributed by atoms with E-state index in [1.165, 1.54) is 12.4 Å². The van der Waals surface area contributed by atoms with Crippen molar-refractivity contribution < 1.29 is 9.18 Å². The molecule has 0 saturated heterocycles. The van der Waals surface area contributed by atoms with Crippen LogP contribution in [0.1, 0.15) is 33.7 Å². The zero-order chi connectivity index (χ0) is 20.5. The highest BCUT2D eigenvalue weighted by molar-refractivity contribution is 5.94. The first-order chi connectivity index (χ1) is 14.7. The zero-order valence-electron chi connectivity index (χ0n) is 16.0. The molecule has 0 fully saturated rings. The predicted molar refractivity (Wildman–Crippen MR) is 106 cm³/mol. The molecule has 0 unspecified atom stereocenters. The molecule has 4 aromatic rings. The third-order valence-electron chi connectivity index (χ3n) is 5.17. The number of carbonyl (C=O) groups excluding carboxylic acids is 1. The second-order valence-corrected chi connectivity index (χ2v) is 7.00. The number of fused-ring (bicyclic) bond motifs is 1. The van der Waals surface area contributed by atoms with E-state index >= 15 is 0 Å². The lowest BCUT2D eigenvalue weighted by Crippen LogP contribution is -2.25. The first-order valence-corrected chi connectivity index (χ1v) is 9.65. The molecule has 1 N–H and O–H groups in total. The van der Waals surface area contributed by atoms with E-state index in [9.17, 15) is 9.18 Å². The lowest BCUT2D eigenvalue weighted by molar-refractivity contribution is 0.0944. The second kappa shape index (κ2) is 7.51. The van der Waals surface area contributed by atoms with Gasteiger partial charge in [0.1, 0.15) is 24.2 Å². The largest absolute Gasteiger partial charge is 0.346 e. The summed E-state index contributed by atoms with van der Waals surface area (Å²) in [7, 11) is 0. The Balaban J connectivity index is 1.42. The third kappa shape index (κ3) is 3.14. The van der Waals surface area contributed by atoms with Gasteiger partial charge >= 0.3 is 0 Å². The van der Waals surface area contributed by atoms with E-state index in [1.54, 1.807) is 46.2 Å². The maximum absolute atomic E-state index is 14.3. The van der Waals surface area contributed by atoms with E-state index in [2.05, 4.69) is 25.5 Å². The number of pyridine rings is 1. The summed E-state index contributed by atoms with van der Waals surface area (Å²) in [5.74, 6) is -0.0662. The number of amides is 1. The number of hydrogen-bond donors (Lipinski definition) is 1. The Kier molecular flexibility index (Phi) is 4.55. The highest BCUT2D eigenvalue weighted by atomic mass is 19.1. The van der Waals surface area contributed by atoms with Crippen molar-refractivity contribution in [3.05, 3.63) is 83.6 Å². The van der Waals surface area contributed by atoms with E-state index in [0.29, 0.717) is 17.2 Å². The van der Waals surface area contributed by atoms with Crippen molar-refractivity contribution >= 4 is 5.91 Å². The van der Waals surface area contributed by atoms with Crippen LogP contribution >= 0.6 is 0 Å². The van der Waals surface area contributed by atoms with Crippen LogP contribution in [0.4, 0.5) is 4.39 Å². The summed E-state index contributed by atoms with van der Waals surface area (Å²) in [5, 5.41) is 11.5. The lowest BCUT2D eigenvalue weighted by Gasteiger charge is -2.09. The summed E-state index contributed by atoms with van der Waals surface area (Å²) in [6.45, 7) is 0.253. The fourth-order valence-corrected chi connectivity index (χ4v) is 3.79. The monoisotopic (exact) mass is 403 g/mol. The number of nitrogens with zero attached hydrogens (tertiary/aromatic N) is 6. The molecule has 1 aromatic carbocycles. The van der Waals surface area contributed by atoms with Gasteiger partial charge in [0, 0.05) is 29.6 Å². The Morgan fingerprint density at radius 3 is 2.90 bits per heavy atom. The molecule has 5 rings (SSSR count). The summed E-state index contributed by atoms with van der Waals surface area (Å²) in [4.78, 5) is 21.2. The van der Waals surface area contributed by atoms with Crippen molar-refractivity contribution in [1.82, 2.24) is 34.8 Å². The molecule has 1 amide bonds. The van der Waals surface area contributed by atoms with E-state index < -0.39 is 0 Å². The van der Waals surface area contributed by atoms with E-state index in [1.807, 2.05) is 6.07 Å². The molecule has 150 valence electrons. The Bertz CT molecular complexity index is 1220. The maximum Gasteiger partial charge on any atom is 0.272 e. The molecule has 0 spiro atoms. The molecule has 0 radical (unpaired) electrons. The average molecular weight is 403 g/mol. The van der Waals surface area contributed by atoms with Crippen LogP contribution in [0.2, 0.25) is 0 Å². The van der Waals surface area contributed by atoms with Gasteiger partial charge in [0.05, 0.1) is 0 Å². The van der Waals surface area contributed by atoms with Crippen molar-refractivity contribution in [2.75, 3.05) is 0 Å². The van der Waals surface area contributed by atoms with Gasteiger partial charge in [-0.3, -0.25) is 4.79 Å². The minimum atomic E-state index is -0.366. The summed E-state index contributed by atoms with van der Waals surface area (Å²) in [5.41, 5.74) is 3.28. The van der Waals surface area contributed by atoms with Gasteiger partial charge in [-0.1, -0.05) is 18.2 Å². The van der Waals surface area contributed by atoms with Crippen LogP contribution in [0, 0.1) is 5.82 Å². The van der Waals surface area contributed by atoms with Gasteiger partial charge in [0.15, 0.2) is 11.5 Å². The van der Waals surface area contributed by atoms with Crippen LogP contribution in [0.25, 0.3) is 11.5 Å².